The molecule has 6 atom stereocenters. The Hall–Kier alpha value is -3.95. The van der Waals surface area contributed by atoms with Crippen LogP contribution in [0.1, 0.15) is 39.2 Å². The monoisotopic (exact) mass is 615 g/mol. The second kappa shape index (κ2) is 13.6. The average molecular weight is 616 g/mol. The molecule has 2 aromatic rings. The second-order valence-electron chi connectivity index (χ2n) is 12.4. The van der Waals surface area contributed by atoms with Crippen molar-refractivity contribution in [2.24, 2.45) is 11.8 Å². The molecule has 2 aromatic carbocycles. The number of rotatable bonds is 14. The summed E-state index contributed by atoms with van der Waals surface area (Å²) in [5.74, 6) is -1.78. The third-order valence-corrected chi connectivity index (χ3v) is 9.44. The molecule has 3 heterocycles. The van der Waals surface area contributed by atoms with Gasteiger partial charge in [-0.15, -0.1) is 13.2 Å². The third kappa shape index (κ3) is 5.79. The van der Waals surface area contributed by atoms with Crippen LogP contribution in [0.3, 0.4) is 0 Å². The molecule has 0 radical (unpaired) electrons. The molecule has 0 aliphatic carbocycles. The van der Waals surface area contributed by atoms with Crippen molar-refractivity contribution in [3.8, 4) is 5.75 Å². The Morgan fingerprint density at radius 2 is 1.78 bits per heavy atom. The zero-order chi connectivity index (χ0) is 32.3. The van der Waals surface area contributed by atoms with Crippen molar-refractivity contribution in [3.63, 3.8) is 0 Å². The van der Waals surface area contributed by atoms with Crippen LogP contribution in [0.25, 0.3) is 0 Å². The maximum absolute atomic E-state index is 14.7. The Labute approximate surface area is 266 Å². The van der Waals surface area contributed by atoms with E-state index in [1.54, 1.807) is 26.9 Å². The zero-order valence-corrected chi connectivity index (χ0v) is 26.5. The second-order valence-corrected chi connectivity index (χ2v) is 12.4. The number of carbonyl (C=O) groups excluding carboxylic acids is 3. The topological polar surface area (TPSA) is 99.6 Å². The van der Waals surface area contributed by atoms with Gasteiger partial charge in [0.15, 0.2) is 0 Å². The van der Waals surface area contributed by atoms with Crippen molar-refractivity contribution in [3.05, 3.63) is 85.5 Å². The van der Waals surface area contributed by atoms with Gasteiger partial charge in [-0.3, -0.25) is 14.4 Å². The van der Waals surface area contributed by atoms with E-state index in [1.807, 2.05) is 75.4 Å². The average Bonchev–Trinajstić information content (AvgIpc) is 3.69. The molecule has 3 saturated heterocycles. The predicted octanol–water partition coefficient (Wildman–Crippen LogP) is 4.01. The summed E-state index contributed by atoms with van der Waals surface area (Å²) in [6, 6.07) is 15.0. The van der Waals surface area contributed by atoms with E-state index in [-0.39, 0.29) is 36.9 Å². The van der Waals surface area contributed by atoms with E-state index in [0.29, 0.717) is 43.9 Å². The number of carbonyl (C=O) groups is 3. The number of anilines is 1. The van der Waals surface area contributed by atoms with Crippen molar-refractivity contribution in [2.75, 3.05) is 31.2 Å². The minimum Gasteiger partial charge on any atom is -0.494 e. The summed E-state index contributed by atoms with van der Waals surface area (Å²) in [6.07, 6.45) is 4.20. The highest BCUT2D eigenvalue weighted by Gasteiger charge is 2.75. The highest BCUT2D eigenvalue weighted by atomic mass is 16.5. The number of aliphatic hydroxyl groups excluding tert-OH is 1. The fourth-order valence-electron chi connectivity index (χ4n) is 7.55. The number of fused-ring (bicyclic) bond motifs is 1. The van der Waals surface area contributed by atoms with E-state index < -0.39 is 35.6 Å². The first kappa shape index (κ1) is 32.4. The summed E-state index contributed by atoms with van der Waals surface area (Å²) in [6.45, 7) is 14.2. The predicted molar refractivity (Wildman–Crippen MR) is 173 cm³/mol. The molecule has 3 fully saturated rings. The summed E-state index contributed by atoms with van der Waals surface area (Å²) in [4.78, 5) is 48.7. The molecule has 45 heavy (non-hydrogen) atoms. The number of likely N-dealkylation sites (tertiary alicyclic amines) is 1. The molecule has 3 aliphatic rings. The highest BCUT2D eigenvalue weighted by Crippen LogP contribution is 2.59. The zero-order valence-electron chi connectivity index (χ0n) is 26.5. The number of hydrogen-bond acceptors (Lipinski definition) is 6. The van der Waals surface area contributed by atoms with Crippen LogP contribution >= 0.6 is 0 Å². The highest BCUT2D eigenvalue weighted by molar-refractivity contribution is 6.03. The standard InChI is InChI=1S/C36H45N3O6/c1-6-20-37(24(4)5)35(43)32-36-19-18-29(45-36)30(33(41)38(21-7-2)26-14-16-28(17-15-26)44-8-3)31(36)34(42)39(32)27(23-40)22-25-12-10-9-11-13-25/h6-7,9-17,24,27,29-32,40H,1-2,8,18-23H2,3-5H3/t27-,29+,30-,31+,32?,36?/m1/s1. The van der Waals surface area contributed by atoms with Crippen LogP contribution in [-0.4, -0.2) is 88.8 Å². The Morgan fingerprint density at radius 3 is 2.38 bits per heavy atom. The van der Waals surface area contributed by atoms with Gasteiger partial charge in [0, 0.05) is 24.8 Å². The van der Waals surface area contributed by atoms with E-state index in [0.717, 1.165) is 5.56 Å². The van der Waals surface area contributed by atoms with Crippen molar-refractivity contribution in [2.45, 2.75) is 69.9 Å². The third-order valence-electron chi connectivity index (χ3n) is 9.44. The SMILES string of the molecule is C=CCN(C(=O)[C@@H]1[C@@H]2CCC3(O2)C(C(=O)N(CC=C)C(C)C)N([C@@H](CO)Cc2ccccc2)C(=O)[C@H]13)c1ccc(OCC)cc1. The lowest BCUT2D eigenvalue weighted by molar-refractivity contribution is -0.152. The van der Waals surface area contributed by atoms with E-state index in [2.05, 4.69) is 13.2 Å². The summed E-state index contributed by atoms with van der Waals surface area (Å²) < 4.78 is 12.3. The molecule has 1 N–H and O–H groups in total. The van der Waals surface area contributed by atoms with Crippen LogP contribution < -0.4 is 9.64 Å². The van der Waals surface area contributed by atoms with Crippen molar-refractivity contribution in [1.82, 2.24) is 9.80 Å². The van der Waals surface area contributed by atoms with Crippen molar-refractivity contribution < 1.29 is 29.0 Å². The fourth-order valence-corrected chi connectivity index (χ4v) is 7.55. The number of ether oxygens (including phenoxy) is 2. The summed E-state index contributed by atoms with van der Waals surface area (Å²) in [5, 5.41) is 10.7. The number of nitrogens with zero attached hydrogens (tertiary/aromatic N) is 3. The smallest absolute Gasteiger partial charge is 0.248 e. The molecule has 0 aromatic heterocycles. The van der Waals surface area contributed by atoms with Gasteiger partial charge in [0.05, 0.1) is 37.2 Å². The molecular weight excluding hydrogens is 570 g/mol. The van der Waals surface area contributed by atoms with Crippen molar-refractivity contribution >= 4 is 23.4 Å². The number of aliphatic hydroxyl groups is 1. The van der Waals surface area contributed by atoms with Crippen molar-refractivity contribution in [1.29, 1.82) is 0 Å². The molecule has 2 bridgehead atoms. The Morgan fingerprint density at radius 1 is 1.09 bits per heavy atom. The van der Waals surface area contributed by atoms with Crippen LogP contribution in [0.2, 0.25) is 0 Å². The molecule has 3 amide bonds. The van der Waals surface area contributed by atoms with Crippen LogP contribution in [0, 0.1) is 11.8 Å². The van der Waals surface area contributed by atoms with Gasteiger partial charge in [0.1, 0.15) is 17.4 Å². The van der Waals surface area contributed by atoms with Gasteiger partial charge in [-0.05, 0) is 69.9 Å². The van der Waals surface area contributed by atoms with Gasteiger partial charge >= 0.3 is 0 Å². The number of amides is 3. The molecule has 3 aliphatic heterocycles. The number of benzene rings is 2. The Bertz CT molecular complexity index is 1400. The lowest BCUT2D eigenvalue weighted by atomic mass is 9.70. The first-order chi connectivity index (χ1) is 21.7. The lowest BCUT2D eigenvalue weighted by Gasteiger charge is -2.40. The van der Waals surface area contributed by atoms with E-state index in [1.165, 1.54) is 0 Å². The lowest BCUT2D eigenvalue weighted by Crippen LogP contribution is -2.60. The van der Waals surface area contributed by atoms with E-state index in [4.69, 9.17) is 9.47 Å². The maximum atomic E-state index is 14.7. The molecule has 240 valence electrons. The van der Waals surface area contributed by atoms with Crippen LogP contribution in [0.5, 0.6) is 5.75 Å². The van der Waals surface area contributed by atoms with E-state index >= 15 is 0 Å². The molecule has 5 rings (SSSR count). The van der Waals surface area contributed by atoms with E-state index in [9.17, 15) is 19.5 Å². The first-order valence-electron chi connectivity index (χ1n) is 15.9. The van der Waals surface area contributed by atoms with Gasteiger partial charge in [0.2, 0.25) is 17.7 Å². The number of hydrogen-bond donors (Lipinski definition) is 1. The van der Waals surface area contributed by atoms with Crippen LogP contribution in [-0.2, 0) is 25.5 Å². The molecule has 1 spiro atoms. The maximum Gasteiger partial charge on any atom is 0.248 e. The summed E-state index contributed by atoms with van der Waals surface area (Å²) >= 11 is 0. The minimum absolute atomic E-state index is 0.164. The fraction of sp³-hybridized carbons (Fsp3) is 0.472. The Balaban J connectivity index is 1.56. The summed E-state index contributed by atoms with van der Waals surface area (Å²) in [5.41, 5.74) is 0.405. The molecular formula is C36H45N3O6. The quantitative estimate of drug-likeness (QED) is 0.323. The minimum atomic E-state index is -1.18. The van der Waals surface area contributed by atoms with Gasteiger partial charge in [-0.25, -0.2) is 0 Å². The largest absolute Gasteiger partial charge is 0.494 e. The van der Waals surface area contributed by atoms with Gasteiger partial charge in [-0.2, -0.15) is 0 Å². The normalized spacial score (nSPS) is 25.6. The molecule has 2 unspecified atom stereocenters. The van der Waals surface area contributed by atoms with Crippen LogP contribution in [0.15, 0.2) is 79.9 Å². The summed E-state index contributed by atoms with van der Waals surface area (Å²) in [7, 11) is 0. The first-order valence-corrected chi connectivity index (χ1v) is 15.9. The van der Waals surface area contributed by atoms with Gasteiger partial charge in [0.25, 0.3) is 0 Å². The molecule has 9 heteroatoms. The molecule has 9 nitrogen and oxygen atoms in total. The molecule has 0 saturated carbocycles. The van der Waals surface area contributed by atoms with Gasteiger partial charge < -0.3 is 29.3 Å². The van der Waals surface area contributed by atoms with Gasteiger partial charge in [-0.1, -0.05) is 42.5 Å². The van der Waals surface area contributed by atoms with Crippen LogP contribution in [0.4, 0.5) is 5.69 Å². The Kier molecular flexibility index (Phi) is 9.79.